The number of rotatable bonds is 7. The van der Waals surface area contributed by atoms with Gasteiger partial charge in [-0.25, -0.2) is 0 Å². The second-order valence-electron chi connectivity index (χ2n) is 3.57. The van der Waals surface area contributed by atoms with Gasteiger partial charge in [0, 0.05) is 6.61 Å². The van der Waals surface area contributed by atoms with Crippen LogP contribution in [0.2, 0.25) is 0 Å². The average Bonchev–Trinajstić information content (AvgIpc) is 2.42. The lowest BCUT2D eigenvalue weighted by Gasteiger charge is -2.14. The molecule has 0 N–H and O–H groups in total. The second-order valence-corrected chi connectivity index (χ2v) is 4.13. The van der Waals surface area contributed by atoms with Gasteiger partial charge < -0.3 is 14.2 Å². The highest BCUT2D eigenvalue weighted by atomic mass is 79.9. The van der Waals surface area contributed by atoms with Gasteiger partial charge in [-0.2, -0.15) is 0 Å². The summed E-state index contributed by atoms with van der Waals surface area (Å²) in [7, 11) is 3.06. The molecule has 1 aromatic carbocycles. The lowest BCUT2D eigenvalue weighted by atomic mass is 10.1. The molecule has 0 aliphatic heterocycles. The number of carbonyl (C=O) groups excluding carboxylic acids is 1. The van der Waals surface area contributed by atoms with Gasteiger partial charge in [0.05, 0.1) is 26.2 Å². The van der Waals surface area contributed by atoms with Gasteiger partial charge in [-0.05, 0) is 24.6 Å². The van der Waals surface area contributed by atoms with Crippen molar-refractivity contribution in [2.75, 3.05) is 26.2 Å². The normalized spacial score (nSPS) is 10.2. The third-order valence-electron chi connectivity index (χ3n) is 2.44. The molecule has 0 bridgehead atoms. The highest BCUT2D eigenvalue weighted by Gasteiger charge is 2.18. The minimum Gasteiger partial charge on any atom is -0.496 e. The van der Waals surface area contributed by atoms with Gasteiger partial charge in [-0.1, -0.05) is 15.9 Å². The number of Topliss-reactive ketones (excluding diaryl/α,β-unsaturated/α-hetero) is 1. The van der Waals surface area contributed by atoms with E-state index in [2.05, 4.69) is 15.9 Å². The van der Waals surface area contributed by atoms with Crippen molar-refractivity contribution >= 4 is 21.7 Å². The topological polar surface area (TPSA) is 44.8 Å². The fourth-order valence-electron chi connectivity index (χ4n) is 1.61. The van der Waals surface area contributed by atoms with E-state index in [1.165, 1.54) is 14.2 Å². The highest BCUT2D eigenvalue weighted by Crippen LogP contribution is 2.31. The summed E-state index contributed by atoms with van der Waals surface area (Å²) in [6.07, 6.45) is 0. The zero-order chi connectivity index (χ0) is 13.5. The van der Waals surface area contributed by atoms with Crippen LogP contribution in [0.1, 0.15) is 22.8 Å². The van der Waals surface area contributed by atoms with Crippen LogP contribution in [0.4, 0.5) is 0 Å². The summed E-state index contributed by atoms with van der Waals surface area (Å²) in [6.45, 7) is 3.02. The van der Waals surface area contributed by atoms with Gasteiger partial charge in [0.15, 0.2) is 5.78 Å². The Morgan fingerprint density at radius 3 is 2.17 bits per heavy atom. The third-order valence-corrected chi connectivity index (χ3v) is 2.95. The van der Waals surface area contributed by atoms with Crippen LogP contribution in [-0.4, -0.2) is 31.9 Å². The standard InChI is InChI=1S/C13H17BrO4/c1-4-18-8-9-5-11(16-2)13(10(15)7-14)12(6-9)17-3/h5-6H,4,7-8H2,1-3H3. The molecule has 1 rings (SSSR count). The molecule has 0 aliphatic carbocycles. The summed E-state index contributed by atoms with van der Waals surface area (Å²) in [5, 5.41) is 0.227. The van der Waals surface area contributed by atoms with Crippen LogP contribution in [0.3, 0.4) is 0 Å². The molecular formula is C13H17BrO4. The number of hydrogen-bond donors (Lipinski definition) is 0. The summed E-state index contributed by atoms with van der Waals surface area (Å²) < 4.78 is 15.8. The van der Waals surface area contributed by atoms with Crippen LogP contribution in [0.5, 0.6) is 11.5 Å². The van der Waals surface area contributed by atoms with Gasteiger partial charge in [-0.3, -0.25) is 4.79 Å². The molecule has 18 heavy (non-hydrogen) atoms. The zero-order valence-electron chi connectivity index (χ0n) is 10.8. The van der Waals surface area contributed by atoms with Crippen LogP contribution in [0.25, 0.3) is 0 Å². The maximum Gasteiger partial charge on any atom is 0.180 e. The van der Waals surface area contributed by atoms with Gasteiger partial charge in [-0.15, -0.1) is 0 Å². The second kappa shape index (κ2) is 7.38. The lowest BCUT2D eigenvalue weighted by Crippen LogP contribution is -2.07. The molecule has 0 amide bonds. The largest absolute Gasteiger partial charge is 0.496 e. The van der Waals surface area contributed by atoms with Crippen LogP contribution >= 0.6 is 15.9 Å². The number of ether oxygens (including phenoxy) is 3. The summed E-state index contributed by atoms with van der Waals surface area (Å²) in [4.78, 5) is 11.9. The molecule has 0 spiro atoms. The van der Waals surface area contributed by atoms with Crippen molar-refractivity contribution in [1.82, 2.24) is 0 Å². The Morgan fingerprint density at radius 2 is 1.78 bits per heavy atom. The van der Waals surface area contributed by atoms with Gasteiger partial charge in [0.2, 0.25) is 0 Å². The van der Waals surface area contributed by atoms with Crippen LogP contribution < -0.4 is 9.47 Å². The quantitative estimate of drug-likeness (QED) is 0.573. The number of alkyl halides is 1. The maximum atomic E-state index is 11.9. The molecule has 4 nitrogen and oxygen atoms in total. The van der Waals surface area contributed by atoms with Crippen molar-refractivity contribution in [1.29, 1.82) is 0 Å². The first-order chi connectivity index (χ1) is 8.67. The third kappa shape index (κ3) is 3.46. The van der Waals surface area contributed by atoms with E-state index < -0.39 is 0 Å². The van der Waals surface area contributed by atoms with E-state index >= 15 is 0 Å². The van der Waals surface area contributed by atoms with Crippen molar-refractivity contribution in [2.24, 2.45) is 0 Å². The van der Waals surface area contributed by atoms with Crippen LogP contribution in [0.15, 0.2) is 12.1 Å². The number of ketones is 1. The van der Waals surface area contributed by atoms with E-state index in [1.54, 1.807) is 12.1 Å². The van der Waals surface area contributed by atoms with Crippen molar-refractivity contribution < 1.29 is 19.0 Å². The molecule has 0 unspecified atom stereocenters. The van der Waals surface area contributed by atoms with Crippen molar-refractivity contribution in [3.8, 4) is 11.5 Å². The van der Waals surface area contributed by atoms with Crippen LogP contribution in [0, 0.1) is 0 Å². The van der Waals surface area contributed by atoms with E-state index in [0.29, 0.717) is 30.3 Å². The van der Waals surface area contributed by atoms with Crippen molar-refractivity contribution in [2.45, 2.75) is 13.5 Å². The molecule has 0 fully saturated rings. The maximum absolute atomic E-state index is 11.9. The van der Waals surface area contributed by atoms with E-state index in [9.17, 15) is 4.79 Å². The molecule has 0 saturated carbocycles. The highest BCUT2D eigenvalue weighted by molar-refractivity contribution is 9.09. The summed E-state index contributed by atoms with van der Waals surface area (Å²) in [5.41, 5.74) is 1.37. The Labute approximate surface area is 115 Å². The number of halogens is 1. The van der Waals surface area contributed by atoms with Gasteiger partial charge in [0.1, 0.15) is 17.1 Å². The number of carbonyl (C=O) groups is 1. The van der Waals surface area contributed by atoms with E-state index in [1.807, 2.05) is 6.92 Å². The first-order valence-corrected chi connectivity index (χ1v) is 6.71. The SMILES string of the molecule is CCOCc1cc(OC)c(C(=O)CBr)c(OC)c1. The number of hydrogen-bond acceptors (Lipinski definition) is 4. The molecular weight excluding hydrogens is 300 g/mol. The van der Waals surface area contributed by atoms with Crippen LogP contribution in [-0.2, 0) is 11.3 Å². The monoisotopic (exact) mass is 316 g/mol. The summed E-state index contributed by atoms with van der Waals surface area (Å²) in [6, 6.07) is 3.60. The number of methoxy groups -OCH3 is 2. The Hall–Kier alpha value is -1.07. The molecule has 0 saturated heterocycles. The molecule has 0 aliphatic rings. The fraction of sp³-hybridized carbons (Fsp3) is 0.462. The molecule has 0 radical (unpaired) electrons. The Kier molecular flexibility index (Phi) is 6.15. The van der Waals surface area contributed by atoms with E-state index in [0.717, 1.165) is 5.56 Å². The fourth-order valence-corrected chi connectivity index (χ4v) is 1.89. The molecule has 0 atom stereocenters. The molecule has 1 aromatic rings. The lowest BCUT2D eigenvalue weighted by molar-refractivity contribution is 0.101. The molecule has 5 heteroatoms. The van der Waals surface area contributed by atoms with Gasteiger partial charge in [0.25, 0.3) is 0 Å². The van der Waals surface area contributed by atoms with Gasteiger partial charge >= 0.3 is 0 Å². The van der Waals surface area contributed by atoms with Crippen molar-refractivity contribution in [3.63, 3.8) is 0 Å². The summed E-state index contributed by atoms with van der Waals surface area (Å²) >= 11 is 3.15. The van der Waals surface area contributed by atoms with E-state index in [4.69, 9.17) is 14.2 Å². The Morgan fingerprint density at radius 1 is 1.22 bits per heavy atom. The first kappa shape index (κ1) is 15.0. The molecule has 0 heterocycles. The molecule has 100 valence electrons. The van der Waals surface area contributed by atoms with Crippen molar-refractivity contribution in [3.05, 3.63) is 23.3 Å². The first-order valence-electron chi connectivity index (χ1n) is 5.59. The smallest absolute Gasteiger partial charge is 0.180 e. The average molecular weight is 317 g/mol. The minimum absolute atomic E-state index is 0.0772. The Balaban J connectivity index is 3.20. The summed E-state index contributed by atoms with van der Waals surface area (Å²) in [5.74, 6) is 0.939. The molecule has 0 aromatic heterocycles. The predicted molar refractivity (Wildman–Crippen MR) is 73.0 cm³/mol. The number of benzene rings is 1. The predicted octanol–water partition coefficient (Wildman–Crippen LogP) is 2.82. The van der Waals surface area contributed by atoms with E-state index in [-0.39, 0.29) is 11.1 Å². The zero-order valence-corrected chi connectivity index (χ0v) is 12.4. The minimum atomic E-state index is -0.0772. The Bertz CT molecular complexity index is 392.